The van der Waals surface area contributed by atoms with Crippen LogP contribution in [-0.2, 0) is 13.0 Å². The molecule has 1 aliphatic carbocycles. The highest BCUT2D eigenvalue weighted by molar-refractivity contribution is 7.10. The van der Waals surface area contributed by atoms with Gasteiger partial charge in [0.25, 0.3) is 0 Å². The fraction of sp³-hybridized carbons (Fsp3) is 0.294. The molecule has 0 saturated heterocycles. The molecule has 2 aromatic heterocycles. The van der Waals surface area contributed by atoms with Crippen molar-refractivity contribution in [2.45, 2.75) is 31.8 Å². The van der Waals surface area contributed by atoms with E-state index in [0.717, 1.165) is 12.1 Å². The number of fused-ring (bicyclic) bond motifs is 2. The molecular weight excluding hydrogens is 266 g/mol. The van der Waals surface area contributed by atoms with Crippen LogP contribution in [0.2, 0.25) is 0 Å². The van der Waals surface area contributed by atoms with Gasteiger partial charge in [0.05, 0.1) is 6.26 Å². The summed E-state index contributed by atoms with van der Waals surface area (Å²) in [6, 6.07) is 11.0. The van der Waals surface area contributed by atoms with Crippen LogP contribution in [0.1, 0.15) is 34.9 Å². The summed E-state index contributed by atoms with van der Waals surface area (Å²) in [5.41, 5.74) is 3.74. The normalized spacial score (nSPS) is 18.3. The summed E-state index contributed by atoms with van der Waals surface area (Å²) in [4.78, 5) is 1.56. The van der Waals surface area contributed by atoms with Crippen LogP contribution in [0.15, 0.2) is 46.4 Å². The molecule has 1 atom stereocenters. The number of furan rings is 1. The molecule has 1 N–H and O–H groups in total. The number of benzene rings is 1. The summed E-state index contributed by atoms with van der Waals surface area (Å²) in [5, 5.41) is 7.15. The van der Waals surface area contributed by atoms with E-state index < -0.39 is 0 Å². The minimum Gasteiger partial charge on any atom is -0.464 e. The van der Waals surface area contributed by atoms with Crippen LogP contribution in [-0.4, -0.2) is 0 Å². The van der Waals surface area contributed by atoms with Crippen LogP contribution in [0.4, 0.5) is 0 Å². The molecule has 2 heterocycles. The third-order valence-electron chi connectivity index (χ3n) is 4.15. The Kier molecular flexibility index (Phi) is 3.09. The lowest BCUT2D eigenvalue weighted by Gasteiger charge is -2.23. The summed E-state index contributed by atoms with van der Waals surface area (Å²) < 4.78 is 5.61. The zero-order valence-electron chi connectivity index (χ0n) is 11.3. The molecule has 2 nitrogen and oxygen atoms in total. The highest BCUT2D eigenvalue weighted by Gasteiger charge is 2.20. The molecule has 102 valence electrons. The molecule has 1 aliphatic rings. The molecule has 0 saturated carbocycles. The summed E-state index contributed by atoms with van der Waals surface area (Å²) in [6.45, 7) is 0.872. The van der Waals surface area contributed by atoms with Gasteiger partial charge in [0.15, 0.2) is 0 Å². The SMILES string of the molecule is c1ccc2c(CNC3CCCc4sccc43)coc2c1. The fourth-order valence-electron chi connectivity index (χ4n) is 3.10. The van der Waals surface area contributed by atoms with Crippen molar-refractivity contribution in [1.29, 1.82) is 0 Å². The molecule has 3 heteroatoms. The quantitative estimate of drug-likeness (QED) is 0.756. The maximum absolute atomic E-state index is 5.61. The van der Waals surface area contributed by atoms with Gasteiger partial charge in [-0.15, -0.1) is 11.3 Å². The Balaban J connectivity index is 1.54. The van der Waals surface area contributed by atoms with Crippen molar-refractivity contribution in [3.8, 4) is 0 Å². The van der Waals surface area contributed by atoms with Crippen LogP contribution >= 0.6 is 11.3 Å². The summed E-state index contributed by atoms with van der Waals surface area (Å²) in [6.07, 6.45) is 5.66. The second-order valence-corrected chi connectivity index (χ2v) is 6.38. The first-order chi connectivity index (χ1) is 9.92. The average Bonchev–Trinajstić information content (AvgIpc) is 3.12. The Bertz CT molecular complexity index is 727. The zero-order chi connectivity index (χ0) is 13.4. The molecule has 0 spiro atoms. The van der Waals surface area contributed by atoms with Crippen LogP contribution in [0, 0.1) is 0 Å². The molecule has 0 bridgehead atoms. The van der Waals surface area contributed by atoms with E-state index in [1.807, 2.05) is 29.7 Å². The summed E-state index contributed by atoms with van der Waals surface area (Å²) in [5.74, 6) is 0. The molecule has 0 aliphatic heterocycles. The molecule has 4 rings (SSSR count). The number of para-hydroxylation sites is 1. The van der Waals surface area contributed by atoms with E-state index in [1.54, 1.807) is 4.88 Å². The molecular formula is C17H17NOS. The third kappa shape index (κ3) is 2.07. The minimum absolute atomic E-state index is 0.499. The number of hydrogen-bond donors (Lipinski definition) is 1. The van der Waals surface area contributed by atoms with E-state index in [2.05, 4.69) is 28.9 Å². The first-order valence-corrected chi connectivity index (χ1v) is 8.04. The van der Waals surface area contributed by atoms with Crippen molar-refractivity contribution in [3.63, 3.8) is 0 Å². The molecule has 0 amide bonds. The van der Waals surface area contributed by atoms with Crippen molar-refractivity contribution in [1.82, 2.24) is 5.32 Å². The second-order valence-electron chi connectivity index (χ2n) is 5.38. The van der Waals surface area contributed by atoms with E-state index in [9.17, 15) is 0 Å². The van der Waals surface area contributed by atoms with Gasteiger partial charge in [-0.05, 0) is 42.3 Å². The van der Waals surface area contributed by atoms with Gasteiger partial charge in [0.1, 0.15) is 5.58 Å². The average molecular weight is 283 g/mol. The first kappa shape index (κ1) is 12.2. The van der Waals surface area contributed by atoms with Gasteiger partial charge in [-0.1, -0.05) is 18.2 Å². The Hall–Kier alpha value is -1.58. The standard InChI is InChI=1S/C17H17NOS/c1-2-6-16-13(4-1)12(11-19-16)10-18-15-5-3-7-17-14(15)8-9-20-17/h1-2,4,6,8-9,11,15,18H,3,5,7,10H2. The van der Waals surface area contributed by atoms with Crippen molar-refractivity contribution in [3.05, 3.63) is 58.0 Å². The third-order valence-corrected chi connectivity index (χ3v) is 5.15. The van der Waals surface area contributed by atoms with E-state index in [1.165, 1.54) is 35.8 Å². The topological polar surface area (TPSA) is 25.2 Å². The molecule has 0 fully saturated rings. The molecule has 20 heavy (non-hydrogen) atoms. The Morgan fingerprint density at radius 1 is 1.25 bits per heavy atom. The van der Waals surface area contributed by atoms with Gasteiger partial charge < -0.3 is 9.73 Å². The molecule has 3 aromatic rings. The van der Waals surface area contributed by atoms with Crippen molar-refractivity contribution in [2.24, 2.45) is 0 Å². The number of aryl methyl sites for hydroxylation is 1. The maximum atomic E-state index is 5.61. The first-order valence-electron chi connectivity index (χ1n) is 7.16. The lowest BCUT2D eigenvalue weighted by molar-refractivity contribution is 0.462. The van der Waals surface area contributed by atoms with Crippen LogP contribution in [0.25, 0.3) is 11.0 Å². The molecule has 0 radical (unpaired) electrons. The van der Waals surface area contributed by atoms with E-state index in [4.69, 9.17) is 4.42 Å². The molecule has 1 unspecified atom stereocenters. The van der Waals surface area contributed by atoms with Crippen molar-refractivity contribution < 1.29 is 4.42 Å². The second kappa shape index (κ2) is 5.08. The summed E-state index contributed by atoms with van der Waals surface area (Å²) >= 11 is 1.90. The van der Waals surface area contributed by atoms with E-state index >= 15 is 0 Å². The maximum Gasteiger partial charge on any atom is 0.134 e. The Labute approximate surface area is 122 Å². The number of thiophene rings is 1. The highest BCUT2D eigenvalue weighted by Crippen LogP contribution is 2.33. The highest BCUT2D eigenvalue weighted by atomic mass is 32.1. The Morgan fingerprint density at radius 2 is 2.20 bits per heavy atom. The zero-order valence-corrected chi connectivity index (χ0v) is 12.1. The predicted molar refractivity (Wildman–Crippen MR) is 83.1 cm³/mol. The van der Waals surface area contributed by atoms with Crippen LogP contribution in [0.5, 0.6) is 0 Å². The van der Waals surface area contributed by atoms with Gasteiger partial charge in [-0.2, -0.15) is 0 Å². The smallest absolute Gasteiger partial charge is 0.134 e. The molecule has 1 aromatic carbocycles. The van der Waals surface area contributed by atoms with Gasteiger partial charge >= 0.3 is 0 Å². The van der Waals surface area contributed by atoms with Crippen LogP contribution < -0.4 is 5.32 Å². The van der Waals surface area contributed by atoms with E-state index in [-0.39, 0.29) is 0 Å². The van der Waals surface area contributed by atoms with Crippen molar-refractivity contribution >= 4 is 22.3 Å². The van der Waals surface area contributed by atoms with Gasteiger partial charge in [-0.25, -0.2) is 0 Å². The number of hydrogen-bond acceptors (Lipinski definition) is 3. The van der Waals surface area contributed by atoms with Gasteiger partial charge in [0.2, 0.25) is 0 Å². The van der Waals surface area contributed by atoms with E-state index in [0.29, 0.717) is 6.04 Å². The Morgan fingerprint density at radius 3 is 3.20 bits per heavy atom. The monoisotopic (exact) mass is 283 g/mol. The van der Waals surface area contributed by atoms with Gasteiger partial charge in [-0.3, -0.25) is 0 Å². The number of nitrogens with one attached hydrogen (secondary N) is 1. The van der Waals surface area contributed by atoms with Crippen LogP contribution in [0.3, 0.4) is 0 Å². The van der Waals surface area contributed by atoms with Crippen molar-refractivity contribution in [2.75, 3.05) is 0 Å². The fourth-order valence-corrected chi connectivity index (χ4v) is 4.09. The van der Waals surface area contributed by atoms with Gasteiger partial charge in [0, 0.05) is 28.4 Å². The number of rotatable bonds is 3. The summed E-state index contributed by atoms with van der Waals surface area (Å²) in [7, 11) is 0. The lowest BCUT2D eigenvalue weighted by atomic mass is 9.94. The lowest BCUT2D eigenvalue weighted by Crippen LogP contribution is -2.23. The largest absolute Gasteiger partial charge is 0.464 e. The predicted octanol–water partition coefficient (Wildman–Crippen LogP) is 4.66. The minimum atomic E-state index is 0.499.